The minimum atomic E-state index is -0.245. The van der Waals surface area contributed by atoms with Gasteiger partial charge in [0.05, 0.1) is 16.9 Å². The first-order valence-corrected chi connectivity index (χ1v) is 7.39. The Kier molecular flexibility index (Phi) is 5.08. The van der Waals surface area contributed by atoms with Crippen LogP contribution >= 0.6 is 0 Å². The molecule has 1 aliphatic rings. The number of methoxy groups -OCH3 is 2. The van der Waals surface area contributed by atoms with E-state index in [0.29, 0.717) is 6.54 Å². The Bertz CT molecular complexity index is 465. The first-order valence-electron chi connectivity index (χ1n) is 7.39. The summed E-state index contributed by atoms with van der Waals surface area (Å²) >= 11 is 0. The highest BCUT2D eigenvalue weighted by Crippen LogP contribution is 2.37. The number of hydrogen-bond donors (Lipinski definition) is 1. The number of benzene rings is 1. The minimum Gasteiger partial charge on any atom is -0.371 e. The molecule has 0 spiro atoms. The number of para-hydroxylation sites is 2. The summed E-state index contributed by atoms with van der Waals surface area (Å²) in [7, 11) is 5.47. The summed E-state index contributed by atoms with van der Waals surface area (Å²) in [5.41, 5.74) is 8.39. The monoisotopic (exact) mass is 293 g/mol. The summed E-state index contributed by atoms with van der Waals surface area (Å²) in [4.78, 5) is 4.68. The Morgan fingerprint density at radius 1 is 1.19 bits per heavy atom. The zero-order valence-corrected chi connectivity index (χ0v) is 13.5. The lowest BCUT2D eigenvalue weighted by Crippen LogP contribution is -2.57. The maximum absolute atomic E-state index is 6.12. The molecule has 5 nitrogen and oxygen atoms in total. The molecule has 0 aliphatic carbocycles. The molecule has 2 N–H and O–H groups in total. The van der Waals surface area contributed by atoms with Crippen LogP contribution in [-0.4, -0.2) is 52.7 Å². The van der Waals surface area contributed by atoms with E-state index in [2.05, 4.69) is 48.0 Å². The van der Waals surface area contributed by atoms with E-state index in [-0.39, 0.29) is 11.8 Å². The smallest absolute Gasteiger partial charge is 0.159 e. The van der Waals surface area contributed by atoms with Crippen LogP contribution in [0.3, 0.4) is 0 Å². The third kappa shape index (κ3) is 3.15. The molecule has 0 bridgehead atoms. The van der Waals surface area contributed by atoms with Crippen molar-refractivity contribution in [1.29, 1.82) is 0 Å². The van der Waals surface area contributed by atoms with E-state index in [1.807, 2.05) is 0 Å². The largest absolute Gasteiger partial charge is 0.371 e. The zero-order valence-electron chi connectivity index (χ0n) is 13.5. The summed E-state index contributed by atoms with van der Waals surface area (Å²) in [6.07, 6.45) is 0.486. The third-order valence-corrected chi connectivity index (χ3v) is 4.47. The highest BCUT2D eigenvalue weighted by molar-refractivity contribution is 5.74. The van der Waals surface area contributed by atoms with Gasteiger partial charge in [-0.15, -0.1) is 0 Å². The lowest BCUT2D eigenvalue weighted by Gasteiger charge is -2.48. The molecule has 0 amide bonds. The van der Waals surface area contributed by atoms with Crippen LogP contribution in [0.2, 0.25) is 0 Å². The van der Waals surface area contributed by atoms with Gasteiger partial charge in [0.2, 0.25) is 0 Å². The Labute approximate surface area is 127 Å². The van der Waals surface area contributed by atoms with Gasteiger partial charge in [0.1, 0.15) is 0 Å². The summed E-state index contributed by atoms with van der Waals surface area (Å²) in [5.74, 6) is 0. The number of ether oxygens (including phenoxy) is 2. The third-order valence-electron chi connectivity index (χ3n) is 4.47. The summed E-state index contributed by atoms with van der Waals surface area (Å²) in [5, 5.41) is 0. The van der Waals surface area contributed by atoms with E-state index < -0.39 is 0 Å². The second kappa shape index (κ2) is 6.64. The summed E-state index contributed by atoms with van der Waals surface area (Å²) < 4.78 is 10.8. The molecule has 1 unspecified atom stereocenters. The van der Waals surface area contributed by atoms with E-state index in [4.69, 9.17) is 15.2 Å². The van der Waals surface area contributed by atoms with Crippen LogP contribution in [0.4, 0.5) is 11.4 Å². The predicted molar refractivity (Wildman–Crippen MR) is 86.9 cm³/mol. The molecule has 0 aromatic heterocycles. The van der Waals surface area contributed by atoms with Gasteiger partial charge in [-0.2, -0.15) is 0 Å². The molecule has 0 radical (unpaired) electrons. The molecule has 0 fully saturated rings. The van der Waals surface area contributed by atoms with E-state index >= 15 is 0 Å². The maximum atomic E-state index is 6.12. The fourth-order valence-corrected chi connectivity index (χ4v) is 2.99. The van der Waals surface area contributed by atoms with Crippen molar-refractivity contribution in [3.05, 3.63) is 24.3 Å². The molecule has 5 heteroatoms. The summed E-state index contributed by atoms with van der Waals surface area (Å²) in [6.45, 7) is 4.66. The SMILES string of the molecule is COC(CC(C)(CN)N1CCN(C)c2ccccc21)OC. The van der Waals surface area contributed by atoms with E-state index in [1.54, 1.807) is 14.2 Å². The predicted octanol–water partition coefficient (Wildman–Crippen LogP) is 1.67. The average molecular weight is 293 g/mol. The molecule has 0 saturated carbocycles. The molecule has 21 heavy (non-hydrogen) atoms. The van der Waals surface area contributed by atoms with E-state index in [0.717, 1.165) is 19.5 Å². The van der Waals surface area contributed by atoms with Gasteiger partial charge in [-0.25, -0.2) is 0 Å². The summed E-state index contributed by atoms with van der Waals surface area (Å²) in [6, 6.07) is 8.47. The van der Waals surface area contributed by atoms with Crippen molar-refractivity contribution < 1.29 is 9.47 Å². The van der Waals surface area contributed by atoms with Crippen LogP contribution in [0.5, 0.6) is 0 Å². The molecule has 1 aliphatic heterocycles. The van der Waals surface area contributed by atoms with Crippen molar-refractivity contribution >= 4 is 11.4 Å². The normalized spacial score (nSPS) is 17.8. The highest BCUT2D eigenvalue weighted by atomic mass is 16.7. The Morgan fingerprint density at radius 2 is 1.81 bits per heavy atom. The van der Waals surface area contributed by atoms with Gasteiger partial charge < -0.3 is 25.0 Å². The number of rotatable bonds is 6. The molecule has 2 rings (SSSR count). The van der Waals surface area contributed by atoms with Gasteiger partial charge in [0.15, 0.2) is 6.29 Å². The van der Waals surface area contributed by atoms with Crippen LogP contribution in [0.1, 0.15) is 13.3 Å². The van der Waals surface area contributed by atoms with Crippen LogP contribution in [0.25, 0.3) is 0 Å². The zero-order chi connectivity index (χ0) is 15.5. The van der Waals surface area contributed by atoms with Crippen molar-refractivity contribution in [1.82, 2.24) is 0 Å². The van der Waals surface area contributed by atoms with Crippen LogP contribution in [0.15, 0.2) is 24.3 Å². The van der Waals surface area contributed by atoms with Crippen LogP contribution < -0.4 is 15.5 Å². The number of fused-ring (bicyclic) bond motifs is 1. The molecular formula is C16H27N3O2. The standard InChI is InChI=1S/C16H27N3O2/c1-16(12-17,11-15(20-3)21-4)19-10-9-18(2)13-7-5-6-8-14(13)19/h5-8,15H,9-12,17H2,1-4H3. The second-order valence-electron chi connectivity index (χ2n) is 5.87. The lowest BCUT2D eigenvalue weighted by molar-refractivity contribution is -0.115. The van der Waals surface area contributed by atoms with Gasteiger partial charge in [0.25, 0.3) is 0 Å². The quantitative estimate of drug-likeness (QED) is 0.809. The molecule has 1 heterocycles. The number of nitrogens with two attached hydrogens (primary N) is 1. The fraction of sp³-hybridized carbons (Fsp3) is 0.625. The Hall–Kier alpha value is -1.30. The van der Waals surface area contributed by atoms with Gasteiger partial charge in [-0.3, -0.25) is 0 Å². The van der Waals surface area contributed by atoms with Gasteiger partial charge in [0, 0.05) is 47.3 Å². The van der Waals surface area contributed by atoms with Crippen molar-refractivity contribution in [2.45, 2.75) is 25.2 Å². The second-order valence-corrected chi connectivity index (χ2v) is 5.87. The van der Waals surface area contributed by atoms with Crippen LogP contribution in [0, 0.1) is 0 Å². The van der Waals surface area contributed by atoms with Gasteiger partial charge in [-0.05, 0) is 19.1 Å². The molecular weight excluding hydrogens is 266 g/mol. The minimum absolute atomic E-state index is 0.200. The first kappa shape index (κ1) is 16.1. The molecule has 1 atom stereocenters. The average Bonchev–Trinajstić information content (AvgIpc) is 2.53. The van der Waals surface area contributed by atoms with Crippen molar-refractivity contribution in [3.63, 3.8) is 0 Å². The molecule has 1 aromatic carbocycles. The molecule has 118 valence electrons. The van der Waals surface area contributed by atoms with Crippen molar-refractivity contribution in [2.24, 2.45) is 5.73 Å². The first-order chi connectivity index (χ1) is 10.1. The van der Waals surface area contributed by atoms with E-state index in [9.17, 15) is 0 Å². The number of nitrogens with zero attached hydrogens (tertiary/aromatic N) is 2. The number of anilines is 2. The topological polar surface area (TPSA) is 51.0 Å². The lowest BCUT2D eigenvalue weighted by atomic mass is 9.92. The maximum Gasteiger partial charge on any atom is 0.159 e. The van der Waals surface area contributed by atoms with Crippen LogP contribution in [-0.2, 0) is 9.47 Å². The van der Waals surface area contributed by atoms with E-state index in [1.165, 1.54) is 11.4 Å². The number of likely N-dealkylation sites (N-methyl/N-ethyl adjacent to an activating group) is 1. The van der Waals surface area contributed by atoms with Gasteiger partial charge >= 0.3 is 0 Å². The van der Waals surface area contributed by atoms with Crippen molar-refractivity contribution in [3.8, 4) is 0 Å². The number of hydrogen-bond acceptors (Lipinski definition) is 5. The molecule has 0 saturated heterocycles. The Morgan fingerprint density at radius 3 is 2.38 bits per heavy atom. The van der Waals surface area contributed by atoms with Gasteiger partial charge in [-0.1, -0.05) is 12.1 Å². The van der Waals surface area contributed by atoms with Crippen molar-refractivity contribution in [2.75, 3.05) is 50.7 Å². The fourth-order valence-electron chi connectivity index (χ4n) is 2.99. The Balaban J connectivity index is 2.32. The molecule has 1 aromatic rings. The highest BCUT2D eigenvalue weighted by Gasteiger charge is 2.36.